The van der Waals surface area contributed by atoms with E-state index >= 15 is 0 Å². The number of aromatic carboxylic acids is 1. The van der Waals surface area contributed by atoms with Gasteiger partial charge in [-0.3, -0.25) is 0 Å². The molecule has 0 saturated heterocycles. The van der Waals surface area contributed by atoms with Crippen molar-refractivity contribution in [3.8, 4) is 0 Å². The van der Waals surface area contributed by atoms with Gasteiger partial charge in [0.25, 0.3) is 0 Å². The van der Waals surface area contributed by atoms with Crippen molar-refractivity contribution in [2.45, 2.75) is 6.42 Å². The van der Waals surface area contributed by atoms with Crippen LogP contribution >= 0.6 is 11.3 Å². The minimum absolute atomic E-state index is 0.307. The number of benzene rings is 2. The predicted octanol–water partition coefficient (Wildman–Crippen LogP) is 3.72. The Bertz CT molecular complexity index is 764. The van der Waals surface area contributed by atoms with E-state index in [-0.39, 0.29) is 5.56 Å². The van der Waals surface area contributed by atoms with Crippen LogP contribution in [0.2, 0.25) is 0 Å². The molecule has 0 atom stereocenters. The molecule has 0 aliphatic heterocycles. The van der Waals surface area contributed by atoms with E-state index in [9.17, 15) is 9.18 Å². The quantitative estimate of drug-likeness (QED) is 0.798. The van der Waals surface area contributed by atoms with E-state index in [1.165, 1.54) is 12.1 Å². The van der Waals surface area contributed by atoms with Crippen LogP contribution < -0.4 is 0 Å². The molecule has 1 heterocycles. The number of hydrogen-bond donors (Lipinski definition) is 1. The largest absolute Gasteiger partial charge is 0.478 e. The molecular weight excluding hydrogens is 277 g/mol. The Labute approximate surface area is 118 Å². The maximum absolute atomic E-state index is 13.6. The average molecular weight is 287 g/mol. The lowest BCUT2D eigenvalue weighted by atomic mass is 10.1. The van der Waals surface area contributed by atoms with Gasteiger partial charge in [-0.05, 0) is 29.8 Å². The van der Waals surface area contributed by atoms with Crippen molar-refractivity contribution in [2.24, 2.45) is 0 Å². The molecule has 100 valence electrons. The highest BCUT2D eigenvalue weighted by atomic mass is 32.1. The Hall–Kier alpha value is -2.27. The van der Waals surface area contributed by atoms with E-state index in [0.717, 1.165) is 15.2 Å². The molecule has 0 aliphatic carbocycles. The molecule has 1 N–H and O–H groups in total. The predicted molar refractivity (Wildman–Crippen MR) is 75.8 cm³/mol. The van der Waals surface area contributed by atoms with Gasteiger partial charge in [-0.2, -0.15) is 0 Å². The standard InChI is InChI=1S/C15H10FNO2S/c16-11-7-9(5-6-10(11)15(18)19)8-14-17-12-3-1-2-4-13(12)20-14/h1-7H,8H2,(H,18,19). The maximum Gasteiger partial charge on any atom is 0.338 e. The number of nitrogens with zero attached hydrogens (tertiary/aromatic N) is 1. The van der Waals surface area contributed by atoms with Crippen LogP contribution in [0.25, 0.3) is 10.2 Å². The lowest BCUT2D eigenvalue weighted by Crippen LogP contribution is -2.01. The minimum atomic E-state index is -1.26. The monoisotopic (exact) mass is 287 g/mol. The Balaban J connectivity index is 1.90. The molecule has 0 bridgehead atoms. The van der Waals surface area contributed by atoms with Crippen molar-refractivity contribution in [2.75, 3.05) is 0 Å². The first kappa shape index (κ1) is 12.7. The molecule has 0 unspecified atom stereocenters. The van der Waals surface area contributed by atoms with E-state index in [0.29, 0.717) is 12.0 Å². The molecule has 20 heavy (non-hydrogen) atoms. The van der Waals surface area contributed by atoms with Gasteiger partial charge in [0.15, 0.2) is 0 Å². The molecule has 0 amide bonds. The smallest absolute Gasteiger partial charge is 0.338 e. The number of para-hydroxylation sites is 1. The Morgan fingerprint density at radius 1 is 1.25 bits per heavy atom. The SMILES string of the molecule is O=C(O)c1ccc(Cc2nc3ccccc3s2)cc1F. The zero-order chi connectivity index (χ0) is 14.1. The summed E-state index contributed by atoms with van der Waals surface area (Å²) in [6, 6.07) is 12.0. The highest BCUT2D eigenvalue weighted by Crippen LogP contribution is 2.24. The first-order chi connectivity index (χ1) is 9.63. The number of carbonyl (C=O) groups is 1. The summed E-state index contributed by atoms with van der Waals surface area (Å²) in [6.45, 7) is 0. The molecule has 5 heteroatoms. The summed E-state index contributed by atoms with van der Waals surface area (Å²) in [5.41, 5.74) is 1.33. The van der Waals surface area contributed by atoms with E-state index < -0.39 is 11.8 Å². The van der Waals surface area contributed by atoms with Gasteiger partial charge < -0.3 is 5.11 Å². The first-order valence-corrected chi connectivity index (χ1v) is 6.81. The van der Waals surface area contributed by atoms with Crippen LogP contribution in [-0.2, 0) is 6.42 Å². The molecule has 0 fully saturated rings. The Kier molecular flexibility index (Phi) is 3.20. The number of hydrogen-bond acceptors (Lipinski definition) is 3. The molecular formula is C15H10FNO2S. The fourth-order valence-corrected chi connectivity index (χ4v) is 3.01. The summed E-state index contributed by atoms with van der Waals surface area (Å²) in [5, 5.41) is 9.67. The van der Waals surface area contributed by atoms with Gasteiger partial charge in [0.2, 0.25) is 0 Å². The van der Waals surface area contributed by atoms with E-state index in [1.54, 1.807) is 17.4 Å². The van der Waals surface area contributed by atoms with Crippen LogP contribution in [0.3, 0.4) is 0 Å². The molecule has 1 aromatic heterocycles. The average Bonchev–Trinajstić information content (AvgIpc) is 2.80. The fraction of sp³-hybridized carbons (Fsp3) is 0.0667. The molecule has 3 nitrogen and oxygen atoms in total. The zero-order valence-electron chi connectivity index (χ0n) is 10.3. The second-order valence-corrected chi connectivity index (χ2v) is 5.49. The van der Waals surface area contributed by atoms with Gasteiger partial charge in [-0.1, -0.05) is 18.2 Å². The van der Waals surface area contributed by atoms with Crippen LogP contribution in [0.5, 0.6) is 0 Å². The third-order valence-electron chi connectivity index (χ3n) is 2.96. The van der Waals surface area contributed by atoms with Crippen LogP contribution in [0.4, 0.5) is 4.39 Å². The maximum atomic E-state index is 13.6. The van der Waals surface area contributed by atoms with Gasteiger partial charge in [-0.25, -0.2) is 14.2 Å². The Morgan fingerprint density at radius 2 is 2.05 bits per heavy atom. The number of aromatic nitrogens is 1. The van der Waals surface area contributed by atoms with Crippen LogP contribution in [0.15, 0.2) is 42.5 Å². The van der Waals surface area contributed by atoms with E-state index in [4.69, 9.17) is 5.11 Å². The third kappa shape index (κ3) is 2.40. The minimum Gasteiger partial charge on any atom is -0.478 e. The molecule has 2 aromatic carbocycles. The summed E-state index contributed by atoms with van der Waals surface area (Å²) in [5.74, 6) is -1.97. The van der Waals surface area contributed by atoms with Crippen molar-refractivity contribution in [1.82, 2.24) is 4.98 Å². The van der Waals surface area contributed by atoms with Gasteiger partial charge in [-0.15, -0.1) is 11.3 Å². The topological polar surface area (TPSA) is 50.2 Å². The number of rotatable bonds is 3. The lowest BCUT2D eigenvalue weighted by molar-refractivity contribution is 0.0692. The zero-order valence-corrected chi connectivity index (χ0v) is 11.2. The lowest BCUT2D eigenvalue weighted by Gasteiger charge is -2.01. The van der Waals surface area contributed by atoms with Crippen molar-refractivity contribution in [3.63, 3.8) is 0 Å². The number of carboxylic acid groups (broad SMARTS) is 1. The molecule has 3 aromatic rings. The van der Waals surface area contributed by atoms with Gasteiger partial charge in [0.1, 0.15) is 5.82 Å². The van der Waals surface area contributed by atoms with Crippen LogP contribution in [0, 0.1) is 5.82 Å². The fourth-order valence-electron chi connectivity index (χ4n) is 2.01. The number of halogens is 1. The molecule has 0 radical (unpaired) electrons. The van der Waals surface area contributed by atoms with Crippen molar-refractivity contribution in [3.05, 3.63) is 64.4 Å². The van der Waals surface area contributed by atoms with Gasteiger partial charge in [0, 0.05) is 6.42 Å². The summed E-state index contributed by atoms with van der Waals surface area (Å²) in [4.78, 5) is 15.2. The summed E-state index contributed by atoms with van der Waals surface area (Å²) >= 11 is 1.56. The number of thiazole rings is 1. The second-order valence-electron chi connectivity index (χ2n) is 4.37. The van der Waals surface area contributed by atoms with E-state index in [2.05, 4.69) is 4.98 Å². The molecule has 0 aliphatic rings. The highest BCUT2D eigenvalue weighted by molar-refractivity contribution is 7.18. The highest BCUT2D eigenvalue weighted by Gasteiger charge is 2.11. The first-order valence-electron chi connectivity index (χ1n) is 5.99. The third-order valence-corrected chi connectivity index (χ3v) is 3.99. The molecule has 3 rings (SSSR count). The summed E-state index contributed by atoms with van der Waals surface area (Å²) in [7, 11) is 0. The number of fused-ring (bicyclic) bond motifs is 1. The van der Waals surface area contributed by atoms with Crippen molar-refractivity contribution >= 4 is 27.5 Å². The van der Waals surface area contributed by atoms with Gasteiger partial charge >= 0.3 is 5.97 Å². The van der Waals surface area contributed by atoms with Crippen molar-refractivity contribution < 1.29 is 14.3 Å². The Morgan fingerprint density at radius 3 is 2.75 bits per heavy atom. The van der Waals surface area contributed by atoms with Crippen LogP contribution in [0.1, 0.15) is 20.9 Å². The normalized spacial score (nSPS) is 10.8. The van der Waals surface area contributed by atoms with Gasteiger partial charge in [0.05, 0.1) is 20.8 Å². The number of carboxylic acids is 1. The van der Waals surface area contributed by atoms with Crippen molar-refractivity contribution in [1.29, 1.82) is 0 Å². The summed E-state index contributed by atoms with van der Waals surface area (Å²) < 4.78 is 14.7. The summed E-state index contributed by atoms with van der Waals surface area (Å²) in [6.07, 6.45) is 0.496. The van der Waals surface area contributed by atoms with E-state index in [1.807, 2.05) is 24.3 Å². The van der Waals surface area contributed by atoms with Crippen LogP contribution in [-0.4, -0.2) is 16.1 Å². The molecule has 0 saturated carbocycles. The second kappa shape index (κ2) is 5.02. The molecule has 0 spiro atoms.